The molecule has 1 aromatic carbocycles. The van der Waals surface area contributed by atoms with Crippen LogP contribution in [0.4, 0.5) is 11.5 Å². The Morgan fingerprint density at radius 2 is 1.93 bits per heavy atom. The number of fused-ring (bicyclic) bond motifs is 1. The molecule has 0 radical (unpaired) electrons. The van der Waals surface area contributed by atoms with Gasteiger partial charge in [0.05, 0.1) is 11.9 Å². The minimum absolute atomic E-state index is 0.0788. The summed E-state index contributed by atoms with van der Waals surface area (Å²) in [6.45, 7) is 11.4. The zero-order chi connectivity index (χ0) is 21.3. The van der Waals surface area contributed by atoms with E-state index in [1.807, 2.05) is 19.1 Å². The van der Waals surface area contributed by atoms with Gasteiger partial charge in [0.2, 0.25) is 0 Å². The molecule has 1 N–H and O–H groups in total. The van der Waals surface area contributed by atoms with Gasteiger partial charge in [-0.05, 0) is 74.4 Å². The molecular weight excluding hydrogens is 372 g/mol. The number of carbonyl (C=O) groups excluding carboxylic acids is 1. The third-order valence-corrected chi connectivity index (χ3v) is 6.43. The molecule has 5 nitrogen and oxygen atoms in total. The zero-order valence-corrected chi connectivity index (χ0v) is 18.5. The number of anilines is 2. The van der Waals surface area contributed by atoms with Gasteiger partial charge in [-0.3, -0.25) is 4.79 Å². The number of carbonyl (C=O) groups is 1. The first-order chi connectivity index (χ1) is 14.5. The Balaban J connectivity index is 1.56. The number of nitrogens with one attached hydrogen (secondary N) is 1. The van der Waals surface area contributed by atoms with Crippen LogP contribution in [-0.2, 0) is 13.0 Å². The van der Waals surface area contributed by atoms with Crippen molar-refractivity contribution in [2.75, 3.05) is 23.3 Å². The molecular formula is C25H32N4O. The fraction of sp³-hybridized carbons (Fsp3) is 0.440. The summed E-state index contributed by atoms with van der Waals surface area (Å²) in [4.78, 5) is 20.1. The predicted molar refractivity (Wildman–Crippen MR) is 125 cm³/mol. The topological polar surface area (TPSA) is 50.2 Å². The molecule has 3 heterocycles. The van der Waals surface area contributed by atoms with Crippen LogP contribution >= 0.6 is 0 Å². The molecule has 5 heteroatoms. The number of pyridine rings is 1. The van der Waals surface area contributed by atoms with Gasteiger partial charge >= 0.3 is 0 Å². The largest absolute Gasteiger partial charge is 0.357 e. The average molecular weight is 405 g/mol. The SMILES string of the molecule is CCc1ccc2c(c1)c(C)c(C(=O)Nc1ccc(N3CCC(C)CC3)nc1)n2CC. The Hall–Kier alpha value is -2.82. The molecule has 0 atom stereocenters. The molecule has 1 fully saturated rings. The standard InChI is InChI=1S/C25H32N4O/c1-5-19-7-9-22-21(15-19)18(4)24(29(22)6-2)25(30)27-20-8-10-23(26-16-20)28-13-11-17(3)12-14-28/h7-10,15-17H,5-6,11-14H2,1-4H3,(H,27,30). The number of nitrogens with zero attached hydrogens (tertiary/aromatic N) is 3. The smallest absolute Gasteiger partial charge is 0.272 e. The summed E-state index contributed by atoms with van der Waals surface area (Å²) in [6, 6.07) is 10.5. The lowest BCUT2D eigenvalue weighted by molar-refractivity contribution is 0.101. The van der Waals surface area contributed by atoms with Crippen LogP contribution in [0.3, 0.4) is 0 Å². The van der Waals surface area contributed by atoms with Crippen molar-refractivity contribution in [3.05, 3.63) is 53.3 Å². The Morgan fingerprint density at radius 3 is 2.57 bits per heavy atom. The van der Waals surface area contributed by atoms with Crippen molar-refractivity contribution >= 4 is 28.3 Å². The number of benzene rings is 1. The van der Waals surface area contributed by atoms with Crippen molar-refractivity contribution < 1.29 is 4.79 Å². The number of aromatic nitrogens is 2. The highest BCUT2D eigenvalue weighted by Gasteiger charge is 2.21. The van der Waals surface area contributed by atoms with Crippen molar-refractivity contribution in [1.82, 2.24) is 9.55 Å². The molecule has 1 amide bonds. The van der Waals surface area contributed by atoms with Crippen molar-refractivity contribution in [3.63, 3.8) is 0 Å². The Bertz CT molecular complexity index is 1040. The second kappa shape index (κ2) is 8.50. The van der Waals surface area contributed by atoms with Crippen molar-refractivity contribution in [2.24, 2.45) is 5.92 Å². The minimum Gasteiger partial charge on any atom is -0.357 e. The number of hydrogen-bond donors (Lipinski definition) is 1. The number of piperidine rings is 1. The van der Waals surface area contributed by atoms with Gasteiger partial charge in [0.1, 0.15) is 11.5 Å². The van der Waals surface area contributed by atoms with Gasteiger partial charge < -0.3 is 14.8 Å². The van der Waals surface area contributed by atoms with Crippen LogP contribution in [0.25, 0.3) is 10.9 Å². The average Bonchev–Trinajstić information content (AvgIpc) is 3.06. The highest BCUT2D eigenvalue weighted by molar-refractivity contribution is 6.08. The Kier molecular flexibility index (Phi) is 5.80. The highest BCUT2D eigenvalue weighted by Crippen LogP contribution is 2.28. The first kappa shape index (κ1) is 20.5. The quantitative estimate of drug-likeness (QED) is 0.618. The fourth-order valence-corrected chi connectivity index (χ4v) is 4.49. The molecule has 1 aliphatic rings. The molecule has 158 valence electrons. The van der Waals surface area contributed by atoms with Gasteiger partial charge in [0, 0.05) is 30.5 Å². The van der Waals surface area contributed by atoms with Crippen LogP contribution < -0.4 is 10.2 Å². The molecule has 1 saturated heterocycles. The maximum absolute atomic E-state index is 13.2. The van der Waals surface area contributed by atoms with E-state index in [0.29, 0.717) is 0 Å². The number of aryl methyl sites for hydroxylation is 3. The minimum atomic E-state index is -0.0788. The predicted octanol–water partition coefficient (Wildman–Crippen LogP) is 5.42. The molecule has 0 bridgehead atoms. The van der Waals surface area contributed by atoms with E-state index in [9.17, 15) is 4.79 Å². The normalized spacial score (nSPS) is 15.0. The van der Waals surface area contributed by atoms with Gasteiger partial charge in [-0.25, -0.2) is 4.98 Å². The highest BCUT2D eigenvalue weighted by atomic mass is 16.2. The Morgan fingerprint density at radius 1 is 1.17 bits per heavy atom. The molecule has 2 aromatic heterocycles. The van der Waals surface area contributed by atoms with E-state index in [2.05, 4.69) is 58.7 Å². The lowest BCUT2D eigenvalue weighted by Gasteiger charge is -2.31. The summed E-state index contributed by atoms with van der Waals surface area (Å²) >= 11 is 0. The van der Waals surface area contributed by atoms with Crippen LogP contribution in [0.1, 0.15) is 55.2 Å². The van der Waals surface area contributed by atoms with Crippen molar-refractivity contribution in [1.29, 1.82) is 0 Å². The molecule has 0 spiro atoms. The summed E-state index contributed by atoms with van der Waals surface area (Å²) in [5.74, 6) is 1.71. The van der Waals surface area contributed by atoms with Crippen LogP contribution in [0.2, 0.25) is 0 Å². The molecule has 4 rings (SSSR count). The molecule has 30 heavy (non-hydrogen) atoms. The van der Waals surface area contributed by atoms with E-state index in [0.717, 1.165) is 65.6 Å². The Labute approximate surface area is 179 Å². The number of amides is 1. The van der Waals surface area contributed by atoms with Crippen molar-refractivity contribution in [2.45, 2.75) is 53.5 Å². The van der Waals surface area contributed by atoms with Gasteiger partial charge in [-0.1, -0.05) is 19.9 Å². The molecule has 0 saturated carbocycles. The lowest BCUT2D eigenvalue weighted by atomic mass is 9.99. The lowest BCUT2D eigenvalue weighted by Crippen LogP contribution is -2.33. The van der Waals surface area contributed by atoms with Gasteiger partial charge in [0.25, 0.3) is 5.91 Å². The van der Waals surface area contributed by atoms with Gasteiger partial charge in [-0.2, -0.15) is 0 Å². The maximum atomic E-state index is 13.2. The molecule has 0 unspecified atom stereocenters. The van der Waals surface area contributed by atoms with E-state index < -0.39 is 0 Å². The third kappa shape index (κ3) is 3.81. The number of rotatable bonds is 5. The van der Waals surface area contributed by atoms with E-state index >= 15 is 0 Å². The van der Waals surface area contributed by atoms with Gasteiger partial charge in [-0.15, -0.1) is 0 Å². The summed E-state index contributed by atoms with van der Waals surface area (Å²) < 4.78 is 2.11. The van der Waals surface area contributed by atoms with E-state index in [4.69, 9.17) is 0 Å². The molecule has 0 aliphatic carbocycles. The summed E-state index contributed by atoms with van der Waals surface area (Å²) in [6.07, 6.45) is 5.18. The fourth-order valence-electron chi connectivity index (χ4n) is 4.49. The second-order valence-electron chi connectivity index (χ2n) is 8.45. The van der Waals surface area contributed by atoms with E-state index in [1.54, 1.807) is 6.20 Å². The summed E-state index contributed by atoms with van der Waals surface area (Å²) in [5, 5.41) is 4.22. The zero-order valence-electron chi connectivity index (χ0n) is 18.5. The second-order valence-corrected chi connectivity index (χ2v) is 8.45. The summed E-state index contributed by atoms with van der Waals surface area (Å²) in [7, 11) is 0. The van der Waals surface area contributed by atoms with Crippen molar-refractivity contribution in [3.8, 4) is 0 Å². The number of hydrogen-bond acceptors (Lipinski definition) is 3. The van der Waals surface area contributed by atoms with Crippen LogP contribution in [0.15, 0.2) is 36.5 Å². The summed E-state index contributed by atoms with van der Waals surface area (Å²) in [5.41, 5.74) is 4.90. The van der Waals surface area contributed by atoms with E-state index in [-0.39, 0.29) is 5.91 Å². The molecule has 1 aliphatic heterocycles. The van der Waals surface area contributed by atoms with Crippen LogP contribution in [0, 0.1) is 12.8 Å². The van der Waals surface area contributed by atoms with Gasteiger partial charge in [0.15, 0.2) is 0 Å². The first-order valence-corrected chi connectivity index (χ1v) is 11.2. The van der Waals surface area contributed by atoms with Crippen LogP contribution in [-0.4, -0.2) is 28.5 Å². The van der Waals surface area contributed by atoms with E-state index in [1.165, 1.54) is 18.4 Å². The van der Waals surface area contributed by atoms with Crippen LogP contribution in [0.5, 0.6) is 0 Å². The maximum Gasteiger partial charge on any atom is 0.272 e. The molecule has 3 aromatic rings. The third-order valence-electron chi connectivity index (χ3n) is 6.43. The monoisotopic (exact) mass is 404 g/mol. The first-order valence-electron chi connectivity index (χ1n) is 11.2.